The smallest absolute Gasteiger partial charge is 0.251 e. The van der Waals surface area contributed by atoms with Crippen LogP contribution in [0.25, 0.3) is 0 Å². The fourth-order valence-corrected chi connectivity index (χ4v) is 4.44. The van der Waals surface area contributed by atoms with E-state index >= 15 is 0 Å². The van der Waals surface area contributed by atoms with Crippen molar-refractivity contribution < 1.29 is 13.2 Å². The summed E-state index contributed by atoms with van der Waals surface area (Å²) in [6, 6.07) is 6.99. The molecule has 1 fully saturated rings. The number of amides is 1. The highest BCUT2D eigenvalue weighted by molar-refractivity contribution is 7.88. The van der Waals surface area contributed by atoms with Gasteiger partial charge >= 0.3 is 0 Å². The Balaban J connectivity index is 1.97. The Hall–Kier alpha value is -1.40. The molecular formula is C17H26N2O3S. The summed E-state index contributed by atoms with van der Waals surface area (Å²) in [4.78, 5) is 12.1. The molecule has 0 aromatic heterocycles. The van der Waals surface area contributed by atoms with E-state index in [4.69, 9.17) is 0 Å². The molecule has 1 aliphatic heterocycles. The van der Waals surface area contributed by atoms with Gasteiger partial charge in [0, 0.05) is 24.7 Å². The Labute approximate surface area is 139 Å². The van der Waals surface area contributed by atoms with Gasteiger partial charge in [0.2, 0.25) is 10.0 Å². The van der Waals surface area contributed by atoms with Crippen LogP contribution in [0.1, 0.15) is 55.5 Å². The van der Waals surface area contributed by atoms with Crippen LogP contribution < -0.4 is 5.32 Å². The predicted molar refractivity (Wildman–Crippen MR) is 91.7 cm³/mol. The van der Waals surface area contributed by atoms with Gasteiger partial charge in [-0.05, 0) is 43.9 Å². The van der Waals surface area contributed by atoms with Crippen molar-refractivity contribution in [3.8, 4) is 0 Å². The minimum absolute atomic E-state index is 0.00113. The van der Waals surface area contributed by atoms with Crippen LogP contribution in [0.15, 0.2) is 24.3 Å². The van der Waals surface area contributed by atoms with Crippen molar-refractivity contribution in [3.63, 3.8) is 0 Å². The van der Waals surface area contributed by atoms with Crippen molar-refractivity contribution in [2.45, 2.75) is 51.3 Å². The molecule has 1 amide bonds. The molecule has 23 heavy (non-hydrogen) atoms. The van der Waals surface area contributed by atoms with E-state index in [-0.39, 0.29) is 17.7 Å². The fraction of sp³-hybridized carbons (Fsp3) is 0.588. The lowest BCUT2D eigenvalue weighted by Gasteiger charge is -2.16. The number of rotatable bonds is 7. The van der Waals surface area contributed by atoms with E-state index in [1.165, 1.54) is 0 Å². The number of carbonyl (C=O) groups excluding carboxylic acids is 1. The van der Waals surface area contributed by atoms with Gasteiger partial charge in [0.25, 0.3) is 5.91 Å². The molecular weight excluding hydrogens is 312 g/mol. The van der Waals surface area contributed by atoms with Crippen LogP contribution in [0, 0.1) is 0 Å². The lowest BCUT2D eigenvalue weighted by Crippen LogP contribution is -2.32. The van der Waals surface area contributed by atoms with E-state index in [9.17, 15) is 13.2 Å². The van der Waals surface area contributed by atoms with Crippen LogP contribution in [0.5, 0.6) is 0 Å². The second kappa shape index (κ2) is 7.93. The highest BCUT2D eigenvalue weighted by Gasteiger charge is 2.25. The third-order valence-corrected chi connectivity index (χ3v) is 5.97. The summed E-state index contributed by atoms with van der Waals surface area (Å²) in [7, 11) is -3.24. The molecule has 2 rings (SSSR count). The van der Waals surface area contributed by atoms with E-state index in [0.717, 1.165) is 31.2 Å². The summed E-state index contributed by atoms with van der Waals surface area (Å²) in [6.07, 6.45) is 3.84. The quantitative estimate of drug-likeness (QED) is 0.831. The molecule has 128 valence electrons. The summed E-state index contributed by atoms with van der Waals surface area (Å²) < 4.78 is 26.1. The molecule has 1 aliphatic rings. The van der Waals surface area contributed by atoms with Crippen molar-refractivity contribution >= 4 is 15.9 Å². The lowest BCUT2D eigenvalue weighted by molar-refractivity contribution is 0.0938. The van der Waals surface area contributed by atoms with Crippen molar-refractivity contribution in [1.29, 1.82) is 0 Å². The first-order valence-corrected chi connectivity index (χ1v) is 9.91. The molecule has 1 atom stereocenters. The van der Waals surface area contributed by atoms with Crippen molar-refractivity contribution in [1.82, 2.24) is 9.62 Å². The second-order valence-electron chi connectivity index (χ2n) is 6.22. The van der Waals surface area contributed by atoms with Gasteiger partial charge in [-0.25, -0.2) is 12.7 Å². The Bertz CT molecular complexity index is 620. The molecule has 0 bridgehead atoms. The van der Waals surface area contributed by atoms with Crippen molar-refractivity contribution in [3.05, 3.63) is 35.4 Å². The van der Waals surface area contributed by atoms with E-state index in [1.54, 1.807) is 28.6 Å². The van der Waals surface area contributed by atoms with E-state index < -0.39 is 10.0 Å². The number of hydrogen-bond acceptors (Lipinski definition) is 3. The molecule has 5 nitrogen and oxygen atoms in total. The number of sulfonamides is 1. The molecule has 0 spiro atoms. The molecule has 1 N–H and O–H groups in total. The summed E-state index contributed by atoms with van der Waals surface area (Å²) in [5.41, 5.74) is 1.28. The van der Waals surface area contributed by atoms with Crippen LogP contribution in [-0.4, -0.2) is 37.8 Å². The first kappa shape index (κ1) is 17.9. The third-order valence-electron chi connectivity index (χ3n) is 4.12. The predicted octanol–water partition coefficient (Wildman–Crippen LogP) is 2.53. The topological polar surface area (TPSA) is 66.5 Å². The lowest BCUT2D eigenvalue weighted by atomic mass is 10.1. The van der Waals surface area contributed by atoms with Crippen LogP contribution >= 0.6 is 0 Å². The number of benzene rings is 1. The van der Waals surface area contributed by atoms with Gasteiger partial charge < -0.3 is 5.32 Å². The van der Waals surface area contributed by atoms with Gasteiger partial charge in [0.05, 0.1) is 5.75 Å². The highest BCUT2D eigenvalue weighted by Crippen LogP contribution is 2.17. The van der Waals surface area contributed by atoms with Crippen LogP contribution in [0.4, 0.5) is 0 Å². The van der Waals surface area contributed by atoms with Crippen molar-refractivity contribution in [2.75, 3.05) is 13.1 Å². The summed E-state index contributed by atoms with van der Waals surface area (Å²) in [6.45, 7) is 5.31. The van der Waals surface area contributed by atoms with E-state index in [2.05, 4.69) is 12.2 Å². The number of nitrogens with zero attached hydrogens (tertiary/aromatic N) is 1. The monoisotopic (exact) mass is 338 g/mol. The molecule has 0 radical (unpaired) electrons. The highest BCUT2D eigenvalue weighted by atomic mass is 32.2. The standard InChI is InChI=1S/C17H26N2O3S/c1-3-6-14(2)18-17(20)16-9-7-15(8-10-16)13-23(21,22)19-11-4-5-12-19/h7-10,14H,3-6,11-13H2,1-2H3,(H,18,20). The van der Waals surface area contributed by atoms with Gasteiger partial charge in [-0.3, -0.25) is 4.79 Å². The molecule has 0 saturated carbocycles. The van der Waals surface area contributed by atoms with Crippen LogP contribution in [-0.2, 0) is 15.8 Å². The Kier molecular flexibility index (Phi) is 6.18. The van der Waals surface area contributed by atoms with E-state index in [1.807, 2.05) is 6.92 Å². The zero-order valence-electron chi connectivity index (χ0n) is 13.9. The van der Waals surface area contributed by atoms with Crippen LogP contribution in [0.3, 0.4) is 0 Å². The molecule has 1 aromatic carbocycles. The number of nitrogens with one attached hydrogen (secondary N) is 1. The molecule has 1 unspecified atom stereocenters. The van der Waals surface area contributed by atoms with E-state index in [0.29, 0.717) is 18.7 Å². The summed E-state index contributed by atoms with van der Waals surface area (Å²) in [5, 5.41) is 2.94. The maximum Gasteiger partial charge on any atom is 0.251 e. The maximum absolute atomic E-state index is 12.3. The van der Waals surface area contributed by atoms with Crippen molar-refractivity contribution in [2.24, 2.45) is 0 Å². The van der Waals surface area contributed by atoms with Gasteiger partial charge in [-0.2, -0.15) is 0 Å². The first-order valence-electron chi connectivity index (χ1n) is 8.30. The second-order valence-corrected chi connectivity index (χ2v) is 8.19. The third kappa shape index (κ3) is 5.04. The minimum Gasteiger partial charge on any atom is -0.350 e. The van der Waals surface area contributed by atoms with Gasteiger partial charge in [-0.1, -0.05) is 25.5 Å². The number of hydrogen-bond donors (Lipinski definition) is 1. The summed E-state index contributed by atoms with van der Waals surface area (Å²) in [5.74, 6) is -0.110. The molecule has 1 saturated heterocycles. The van der Waals surface area contributed by atoms with Gasteiger partial charge in [-0.15, -0.1) is 0 Å². The molecule has 1 aromatic rings. The molecule has 6 heteroatoms. The largest absolute Gasteiger partial charge is 0.350 e. The van der Waals surface area contributed by atoms with Crippen LogP contribution in [0.2, 0.25) is 0 Å². The van der Waals surface area contributed by atoms with Gasteiger partial charge in [0.1, 0.15) is 0 Å². The minimum atomic E-state index is -3.24. The first-order chi connectivity index (χ1) is 10.9. The fourth-order valence-electron chi connectivity index (χ4n) is 2.83. The normalized spacial score (nSPS) is 17.1. The SMILES string of the molecule is CCCC(C)NC(=O)c1ccc(CS(=O)(=O)N2CCCC2)cc1. The maximum atomic E-state index is 12.3. The Morgan fingerprint density at radius 2 is 1.83 bits per heavy atom. The Morgan fingerprint density at radius 1 is 1.22 bits per heavy atom. The van der Waals surface area contributed by atoms with Gasteiger partial charge in [0.15, 0.2) is 0 Å². The zero-order chi connectivity index (χ0) is 16.9. The molecule has 1 heterocycles. The summed E-state index contributed by atoms with van der Waals surface area (Å²) >= 11 is 0. The average Bonchev–Trinajstić information content (AvgIpc) is 3.03. The molecule has 0 aliphatic carbocycles. The average molecular weight is 338 g/mol. The zero-order valence-corrected chi connectivity index (χ0v) is 14.7. The Morgan fingerprint density at radius 3 is 2.39 bits per heavy atom. The number of carbonyl (C=O) groups is 1.